The fourth-order valence-corrected chi connectivity index (χ4v) is 4.02. The zero-order valence-electron chi connectivity index (χ0n) is 18.5. The van der Waals surface area contributed by atoms with Gasteiger partial charge in [0.1, 0.15) is 12.4 Å². The summed E-state index contributed by atoms with van der Waals surface area (Å²) in [7, 11) is 0. The van der Waals surface area contributed by atoms with Gasteiger partial charge in [0.15, 0.2) is 0 Å². The van der Waals surface area contributed by atoms with E-state index in [9.17, 15) is 4.79 Å². The van der Waals surface area contributed by atoms with Gasteiger partial charge < -0.3 is 10.1 Å². The van der Waals surface area contributed by atoms with Gasteiger partial charge in [-0.15, -0.1) is 0 Å². The van der Waals surface area contributed by atoms with Crippen molar-refractivity contribution in [2.24, 2.45) is 4.99 Å². The first kappa shape index (κ1) is 20.9. The SMILES string of the molecule is CC(C)c1cccc(C(C)C)c1NC(=O)N=C1c2ccccc2COc2ccccc21. The highest BCUT2D eigenvalue weighted by molar-refractivity contribution is 6.20. The minimum absolute atomic E-state index is 0.286. The lowest BCUT2D eigenvalue weighted by Gasteiger charge is -2.19. The third-order valence-corrected chi connectivity index (χ3v) is 5.62. The van der Waals surface area contributed by atoms with Crippen LogP contribution in [0.5, 0.6) is 5.75 Å². The Morgan fingerprint density at radius 2 is 1.45 bits per heavy atom. The van der Waals surface area contributed by atoms with Crippen molar-refractivity contribution >= 4 is 17.4 Å². The zero-order valence-corrected chi connectivity index (χ0v) is 18.5. The van der Waals surface area contributed by atoms with Crippen molar-refractivity contribution in [2.75, 3.05) is 5.32 Å². The van der Waals surface area contributed by atoms with E-state index in [2.05, 4.69) is 56.2 Å². The molecule has 0 aromatic heterocycles. The number of amides is 2. The minimum atomic E-state index is -0.378. The highest BCUT2D eigenvalue weighted by Crippen LogP contribution is 2.33. The summed E-state index contributed by atoms with van der Waals surface area (Å²) in [6.45, 7) is 8.99. The van der Waals surface area contributed by atoms with Gasteiger partial charge in [-0.05, 0) is 40.7 Å². The van der Waals surface area contributed by atoms with Crippen LogP contribution in [0.25, 0.3) is 0 Å². The van der Waals surface area contributed by atoms with Gasteiger partial charge in [0.2, 0.25) is 0 Å². The number of para-hydroxylation sites is 2. The highest BCUT2D eigenvalue weighted by atomic mass is 16.5. The van der Waals surface area contributed by atoms with Gasteiger partial charge in [0, 0.05) is 16.8 Å². The fraction of sp³-hybridized carbons (Fsp3) is 0.259. The molecule has 0 spiro atoms. The van der Waals surface area contributed by atoms with Crippen LogP contribution in [0.4, 0.5) is 10.5 Å². The lowest BCUT2D eigenvalue weighted by atomic mass is 9.93. The molecule has 3 aromatic rings. The number of ether oxygens (including phenoxy) is 1. The Labute approximate surface area is 184 Å². The Morgan fingerprint density at radius 3 is 2.13 bits per heavy atom. The molecule has 0 unspecified atom stereocenters. The summed E-state index contributed by atoms with van der Waals surface area (Å²) in [6, 6.07) is 21.5. The number of nitrogens with zero attached hydrogens (tertiary/aromatic N) is 1. The summed E-state index contributed by atoms with van der Waals surface area (Å²) in [5.41, 5.74) is 6.49. The molecule has 1 aliphatic heterocycles. The van der Waals surface area contributed by atoms with Crippen molar-refractivity contribution in [3.8, 4) is 5.75 Å². The third kappa shape index (κ3) is 4.24. The number of carbonyl (C=O) groups is 1. The average Bonchev–Trinajstić information content (AvgIpc) is 2.91. The molecule has 0 saturated carbocycles. The number of anilines is 1. The van der Waals surface area contributed by atoms with E-state index < -0.39 is 0 Å². The molecule has 0 atom stereocenters. The van der Waals surface area contributed by atoms with E-state index in [-0.39, 0.29) is 17.9 Å². The van der Waals surface area contributed by atoms with E-state index in [0.29, 0.717) is 12.3 Å². The maximum absolute atomic E-state index is 13.2. The van der Waals surface area contributed by atoms with Crippen molar-refractivity contribution in [1.82, 2.24) is 0 Å². The first-order valence-electron chi connectivity index (χ1n) is 10.8. The van der Waals surface area contributed by atoms with Gasteiger partial charge >= 0.3 is 6.03 Å². The molecular weight excluding hydrogens is 384 g/mol. The molecule has 2 amide bonds. The predicted octanol–water partition coefficient (Wildman–Crippen LogP) is 6.90. The molecule has 0 fully saturated rings. The van der Waals surface area contributed by atoms with Gasteiger partial charge in [0.25, 0.3) is 0 Å². The van der Waals surface area contributed by atoms with E-state index >= 15 is 0 Å². The Kier molecular flexibility index (Phi) is 5.90. The lowest BCUT2D eigenvalue weighted by Crippen LogP contribution is -2.16. The van der Waals surface area contributed by atoms with Crippen LogP contribution in [0.15, 0.2) is 71.7 Å². The van der Waals surface area contributed by atoms with Crippen molar-refractivity contribution in [2.45, 2.75) is 46.1 Å². The third-order valence-electron chi connectivity index (χ3n) is 5.62. The van der Waals surface area contributed by atoms with Gasteiger partial charge in [-0.25, -0.2) is 4.79 Å². The minimum Gasteiger partial charge on any atom is -0.488 e. The van der Waals surface area contributed by atoms with E-state index in [1.165, 1.54) is 0 Å². The smallest absolute Gasteiger partial charge is 0.345 e. The molecule has 1 aliphatic rings. The molecule has 0 bridgehead atoms. The van der Waals surface area contributed by atoms with E-state index in [1.54, 1.807) is 0 Å². The molecule has 158 valence electrons. The second-order valence-electron chi connectivity index (χ2n) is 8.45. The number of nitrogens with one attached hydrogen (secondary N) is 1. The molecule has 31 heavy (non-hydrogen) atoms. The number of hydrogen-bond donors (Lipinski definition) is 1. The number of hydrogen-bond acceptors (Lipinski definition) is 2. The van der Waals surface area contributed by atoms with E-state index in [1.807, 2.05) is 48.5 Å². The summed E-state index contributed by atoms with van der Waals surface area (Å²) < 4.78 is 5.99. The Balaban J connectivity index is 1.80. The Morgan fingerprint density at radius 1 is 0.839 bits per heavy atom. The zero-order chi connectivity index (χ0) is 22.0. The maximum atomic E-state index is 13.2. The Hall–Kier alpha value is -3.40. The van der Waals surface area contributed by atoms with Crippen molar-refractivity contribution < 1.29 is 9.53 Å². The normalized spacial score (nSPS) is 14.1. The summed E-state index contributed by atoms with van der Waals surface area (Å²) in [5.74, 6) is 1.31. The van der Waals surface area contributed by atoms with Crippen LogP contribution in [0.2, 0.25) is 0 Å². The largest absolute Gasteiger partial charge is 0.488 e. The van der Waals surface area contributed by atoms with Crippen LogP contribution in [0.3, 0.4) is 0 Å². The van der Waals surface area contributed by atoms with E-state index in [0.717, 1.165) is 39.3 Å². The molecule has 0 saturated heterocycles. The van der Waals surface area contributed by atoms with E-state index in [4.69, 9.17) is 4.74 Å². The molecule has 1 heterocycles. The number of fused-ring (bicyclic) bond motifs is 2. The standard InChI is InChI=1S/C27H28N2O2/c1-17(2)20-13-9-14-21(18(3)4)25(20)28-27(30)29-26-22-11-6-5-10-19(22)16-31-24-15-8-7-12-23(24)26/h5-15,17-18H,16H2,1-4H3,(H,28,30). The number of urea groups is 1. The van der Waals surface area contributed by atoms with Crippen molar-refractivity contribution in [1.29, 1.82) is 0 Å². The Bertz CT molecular complexity index is 1070. The predicted molar refractivity (Wildman–Crippen MR) is 126 cm³/mol. The summed E-state index contributed by atoms with van der Waals surface area (Å²) in [6.07, 6.45) is 0. The molecule has 4 rings (SSSR count). The van der Waals surface area contributed by atoms with Crippen LogP contribution in [0.1, 0.15) is 67.3 Å². The summed E-state index contributed by atoms with van der Waals surface area (Å²) in [4.78, 5) is 17.8. The van der Waals surface area contributed by atoms with Gasteiger partial charge in [0.05, 0.1) is 5.71 Å². The van der Waals surface area contributed by atoms with Crippen LogP contribution >= 0.6 is 0 Å². The highest BCUT2D eigenvalue weighted by Gasteiger charge is 2.22. The number of rotatable bonds is 3. The van der Waals surface area contributed by atoms with Crippen molar-refractivity contribution in [3.05, 3.63) is 94.5 Å². The first-order chi connectivity index (χ1) is 15.0. The van der Waals surface area contributed by atoms with Crippen LogP contribution in [-0.4, -0.2) is 11.7 Å². The monoisotopic (exact) mass is 412 g/mol. The van der Waals surface area contributed by atoms with Crippen molar-refractivity contribution in [3.63, 3.8) is 0 Å². The van der Waals surface area contributed by atoms with Gasteiger partial charge in [-0.1, -0.05) is 82.3 Å². The maximum Gasteiger partial charge on any atom is 0.345 e. The second kappa shape index (κ2) is 8.76. The van der Waals surface area contributed by atoms with Gasteiger partial charge in [-0.3, -0.25) is 0 Å². The van der Waals surface area contributed by atoms with Crippen LogP contribution < -0.4 is 10.1 Å². The lowest BCUT2D eigenvalue weighted by molar-refractivity contribution is 0.259. The average molecular weight is 413 g/mol. The molecular formula is C27H28N2O2. The number of aliphatic imine (C=N–C) groups is 1. The fourth-order valence-electron chi connectivity index (χ4n) is 4.02. The molecule has 0 aliphatic carbocycles. The van der Waals surface area contributed by atoms with Crippen LogP contribution in [-0.2, 0) is 6.61 Å². The number of benzene rings is 3. The first-order valence-corrected chi connectivity index (χ1v) is 10.8. The quantitative estimate of drug-likeness (QED) is 0.509. The molecule has 0 radical (unpaired) electrons. The molecule has 4 nitrogen and oxygen atoms in total. The second-order valence-corrected chi connectivity index (χ2v) is 8.45. The molecule has 1 N–H and O–H groups in total. The number of carbonyl (C=O) groups excluding carboxylic acids is 1. The topological polar surface area (TPSA) is 50.7 Å². The van der Waals surface area contributed by atoms with Gasteiger partial charge in [-0.2, -0.15) is 4.99 Å². The summed E-state index contributed by atoms with van der Waals surface area (Å²) in [5, 5.41) is 3.10. The molecule has 4 heteroatoms. The van der Waals surface area contributed by atoms with Crippen LogP contribution in [0, 0.1) is 0 Å². The summed E-state index contributed by atoms with van der Waals surface area (Å²) >= 11 is 0. The molecule has 3 aromatic carbocycles.